The van der Waals surface area contributed by atoms with Crippen molar-refractivity contribution in [3.05, 3.63) is 53.3 Å². The van der Waals surface area contributed by atoms with Crippen LogP contribution in [-0.4, -0.2) is 33.0 Å². The van der Waals surface area contributed by atoms with Gasteiger partial charge >= 0.3 is 6.18 Å². The van der Waals surface area contributed by atoms with Gasteiger partial charge in [0, 0.05) is 30.3 Å². The molecule has 0 aliphatic carbocycles. The van der Waals surface area contributed by atoms with Gasteiger partial charge in [-0.1, -0.05) is 19.1 Å². The highest BCUT2D eigenvalue weighted by molar-refractivity contribution is 5.97. The second-order valence-electron chi connectivity index (χ2n) is 7.69. The van der Waals surface area contributed by atoms with Crippen LogP contribution in [0.25, 0.3) is 16.9 Å². The average Bonchev–Trinajstić information content (AvgIpc) is 3.11. The summed E-state index contributed by atoms with van der Waals surface area (Å²) in [6.45, 7) is 5.13. The Labute approximate surface area is 178 Å². The van der Waals surface area contributed by atoms with Crippen molar-refractivity contribution in [2.75, 3.05) is 11.9 Å². The number of hydrogen-bond acceptors (Lipinski definition) is 4. The third-order valence-electron chi connectivity index (χ3n) is 5.13. The first kappa shape index (κ1) is 22.8. The van der Waals surface area contributed by atoms with E-state index in [1.54, 1.807) is 35.9 Å². The summed E-state index contributed by atoms with van der Waals surface area (Å²) in [5.74, 6) is 0.0947. The van der Waals surface area contributed by atoms with Gasteiger partial charge in [-0.15, -0.1) is 0 Å². The number of benzene rings is 1. The minimum atomic E-state index is -4.26. The third kappa shape index (κ3) is 5.25. The van der Waals surface area contributed by atoms with Gasteiger partial charge in [0.15, 0.2) is 11.4 Å². The molecular weight excluding hydrogens is 407 g/mol. The molecule has 5 nitrogen and oxygen atoms in total. The lowest BCUT2D eigenvalue weighted by Crippen LogP contribution is -2.15. The number of ketones is 1. The molecule has 0 aliphatic heterocycles. The first-order valence-electron chi connectivity index (χ1n) is 10.2. The van der Waals surface area contributed by atoms with Crippen molar-refractivity contribution in [2.45, 2.75) is 52.3 Å². The quantitative estimate of drug-likeness (QED) is 0.447. The molecule has 31 heavy (non-hydrogen) atoms. The number of aliphatic hydroxyl groups excluding tert-OH is 1. The van der Waals surface area contributed by atoms with Gasteiger partial charge in [0.1, 0.15) is 0 Å². The van der Waals surface area contributed by atoms with Gasteiger partial charge in [0.2, 0.25) is 0 Å². The molecule has 1 unspecified atom stereocenters. The van der Waals surface area contributed by atoms with E-state index < -0.39 is 18.7 Å². The van der Waals surface area contributed by atoms with Crippen LogP contribution in [0.1, 0.15) is 60.7 Å². The molecule has 1 atom stereocenters. The molecule has 0 amide bonds. The van der Waals surface area contributed by atoms with Crippen LogP contribution in [0.15, 0.2) is 36.7 Å². The Hall–Kier alpha value is -2.87. The maximum Gasteiger partial charge on any atom is 0.390 e. The van der Waals surface area contributed by atoms with Crippen LogP contribution >= 0.6 is 0 Å². The van der Waals surface area contributed by atoms with Crippen molar-refractivity contribution in [1.29, 1.82) is 0 Å². The number of anilines is 1. The lowest BCUT2D eigenvalue weighted by molar-refractivity contribution is -0.131. The molecule has 0 bridgehead atoms. The van der Waals surface area contributed by atoms with Gasteiger partial charge < -0.3 is 10.4 Å². The largest absolute Gasteiger partial charge is 0.390 e. The predicted octanol–water partition coefficient (Wildman–Crippen LogP) is 5.71. The predicted molar refractivity (Wildman–Crippen MR) is 114 cm³/mol. The molecule has 8 heteroatoms. The number of imidazole rings is 1. The van der Waals surface area contributed by atoms with E-state index in [2.05, 4.69) is 10.3 Å². The number of Topliss-reactive ketones (excluding diaryl/α,β-unsaturated/α-hetero) is 1. The van der Waals surface area contributed by atoms with Crippen LogP contribution in [0.3, 0.4) is 0 Å². The highest BCUT2D eigenvalue weighted by atomic mass is 19.4. The Morgan fingerprint density at radius 3 is 2.65 bits per heavy atom. The zero-order valence-corrected chi connectivity index (χ0v) is 17.8. The Kier molecular flexibility index (Phi) is 6.69. The van der Waals surface area contributed by atoms with Crippen molar-refractivity contribution in [3.8, 4) is 11.3 Å². The van der Waals surface area contributed by atoms with E-state index in [4.69, 9.17) is 0 Å². The highest BCUT2D eigenvalue weighted by Crippen LogP contribution is 2.30. The SMILES string of the molecule is CCCC(=O)c1ccc(-c2cnc3c(NCCC(F)(F)F)cc(C(C)O)cn23)cc1C. The van der Waals surface area contributed by atoms with E-state index in [-0.39, 0.29) is 12.3 Å². The zero-order chi connectivity index (χ0) is 22.8. The van der Waals surface area contributed by atoms with Gasteiger partial charge in [-0.2, -0.15) is 13.2 Å². The summed E-state index contributed by atoms with van der Waals surface area (Å²) in [4.78, 5) is 16.7. The standard InChI is InChI=1S/C23H26F3N3O2/c1-4-5-21(31)18-7-6-16(10-14(18)2)20-12-28-22-19(27-9-8-23(24,25)26)11-17(15(3)30)13-29(20)22/h6-7,10-13,15,27,30H,4-5,8-9H2,1-3H3. The molecule has 2 N–H and O–H groups in total. The number of aryl methyl sites for hydroxylation is 1. The fourth-order valence-electron chi connectivity index (χ4n) is 3.52. The first-order chi connectivity index (χ1) is 14.6. The molecule has 0 fully saturated rings. The lowest BCUT2D eigenvalue weighted by atomic mass is 9.98. The summed E-state index contributed by atoms with van der Waals surface area (Å²) in [6.07, 6.45) is -1.42. The molecule has 2 heterocycles. The number of fused-ring (bicyclic) bond motifs is 1. The van der Waals surface area contributed by atoms with Crippen LogP contribution in [0.4, 0.5) is 18.9 Å². The Morgan fingerprint density at radius 1 is 1.29 bits per heavy atom. The van der Waals surface area contributed by atoms with E-state index in [1.807, 2.05) is 26.0 Å². The second-order valence-corrected chi connectivity index (χ2v) is 7.69. The number of rotatable bonds is 8. The number of aromatic nitrogens is 2. The molecule has 0 aliphatic rings. The maximum atomic E-state index is 12.6. The maximum absolute atomic E-state index is 12.6. The Balaban J connectivity index is 2.02. The molecular formula is C23H26F3N3O2. The Morgan fingerprint density at radius 2 is 2.03 bits per heavy atom. The summed E-state index contributed by atoms with van der Waals surface area (Å²) >= 11 is 0. The molecule has 2 aromatic heterocycles. The zero-order valence-electron chi connectivity index (χ0n) is 17.8. The molecule has 3 aromatic rings. The van der Waals surface area contributed by atoms with Gasteiger partial charge in [-0.05, 0) is 43.5 Å². The van der Waals surface area contributed by atoms with E-state index in [0.717, 1.165) is 17.5 Å². The summed E-state index contributed by atoms with van der Waals surface area (Å²) in [5.41, 5.74) is 4.49. The fraction of sp³-hybridized carbons (Fsp3) is 0.391. The number of aliphatic hydroxyl groups is 1. The number of carbonyl (C=O) groups excluding carboxylic acids is 1. The van der Waals surface area contributed by atoms with Gasteiger partial charge in [-0.25, -0.2) is 4.98 Å². The number of alkyl halides is 3. The summed E-state index contributed by atoms with van der Waals surface area (Å²) in [7, 11) is 0. The van der Waals surface area contributed by atoms with Crippen molar-refractivity contribution in [2.24, 2.45) is 0 Å². The molecule has 1 aromatic carbocycles. The number of halogens is 3. The summed E-state index contributed by atoms with van der Waals surface area (Å²) in [5, 5.41) is 12.9. The van der Waals surface area contributed by atoms with Crippen molar-refractivity contribution >= 4 is 17.1 Å². The van der Waals surface area contributed by atoms with Crippen molar-refractivity contribution < 1.29 is 23.1 Å². The van der Waals surface area contributed by atoms with E-state index in [9.17, 15) is 23.1 Å². The molecule has 3 rings (SSSR count). The van der Waals surface area contributed by atoms with Gasteiger partial charge in [0.25, 0.3) is 0 Å². The first-order valence-corrected chi connectivity index (χ1v) is 10.2. The second kappa shape index (κ2) is 9.09. The van der Waals surface area contributed by atoms with E-state index in [0.29, 0.717) is 34.6 Å². The van der Waals surface area contributed by atoms with Crippen molar-refractivity contribution in [3.63, 3.8) is 0 Å². The minimum Gasteiger partial charge on any atom is -0.389 e. The topological polar surface area (TPSA) is 66.6 Å². The molecule has 0 spiro atoms. The third-order valence-corrected chi connectivity index (χ3v) is 5.13. The van der Waals surface area contributed by atoms with Crippen LogP contribution in [0, 0.1) is 6.92 Å². The summed E-state index contributed by atoms with van der Waals surface area (Å²) < 4.78 is 39.4. The van der Waals surface area contributed by atoms with E-state index >= 15 is 0 Å². The summed E-state index contributed by atoms with van der Waals surface area (Å²) in [6, 6.07) is 7.15. The van der Waals surface area contributed by atoms with Crippen molar-refractivity contribution in [1.82, 2.24) is 9.38 Å². The minimum absolute atomic E-state index is 0.0947. The fourth-order valence-corrected chi connectivity index (χ4v) is 3.52. The van der Waals surface area contributed by atoms with Crippen LogP contribution in [0.5, 0.6) is 0 Å². The molecule has 0 saturated heterocycles. The number of pyridine rings is 1. The van der Waals surface area contributed by atoms with Gasteiger partial charge in [0.05, 0.1) is 30.1 Å². The van der Waals surface area contributed by atoms with Crippen LogP contribution in [-0.2, 0) is 0 Å². The van der Waals surface area contributed by atoms with Gasteiger partial charge in [-0.3, -0.25) is 9.20 Å². The Bertz CT molecular complexity index is 1090. The molecule has 166 valence electrons. The lowest BCUT2D eigenvalue weighted by Gasteiger charge is -2.14. The number of hydrogen-bond donors (Lipinski definition) is 2. The van der Waals surface area contributed by atoms with Crippen LogP contribution < -0.4 is 5.32 Å². The average molecular weight is 433 g/mol. The number of nitrogens with one attached hydrogen (secondary N) is 1. The highest BCUT2D eigenvalue weighted by Gasteiger charge is 2.26. The smallest absolute Gasteiger partial charge is 0.389 e. The van der Waals surface area contributed by atoms with Crippen LogP contribution in [0.2, 0.25) is 0 Å². The number of nitrogens with zero attached hydrogens (tertiary/aromatic N) is 2. The monoisotopic (exact) mass is 433 g/mol. The number of carbonyl (C=O) groups is 1. The molecule has 0 saturated carbocycles. The molecule has 0 radical (unpaired) electrons. The van der Waals surface area contributed by atoms with E-state index in [1.165, 1.54) is 0 Å². The normalized spacial score (nSPS) is 12.9.